The van der Waals surface area contributed by atoms with E-state index in [0.29, 0.717) is 12.2 Å². The summed E-state index contributed by atoms with van der Waals surface area (Å²) in [6.07, 6.45) is 4.99. The van der Waals surface area contributed by atoms with Gasteiger partial charge in [-0.3, -0.25) is 15.3 Å². The first kappa shape index (κ1) is 27.7. The molecule has 1 amide bonds. The zero-order valence-corrected chi connectivity index (χ0v) is 22.0. The largest absolute Gasteiger partial charge is 0.444 e. The maximum atomic E-state index is 11.9. The summed E-state index contributed by atoms with van der Waals surface area (Å²) in [5, 5.41) is 9.41. The van der Waals surface area contributed by atoms with Crippen molar-refractivity contribution in [3.63, 3.8) is 0 Å². The van der Waals surface area contributed by atoms with Gasteiger partial charge in [0, 0.05) is 37.7 Å². The van der Waals surface area contributed by atoms with E-state index in [-0.39, 0.29) is 24.0 Å². The van der Waals surface area contributed by atoms with Crippen LogP contribution in [0, 0.1) is 6.92 Å². The van der Waals surface area contributed by atoms with E-state index in [9.17, 15) is 4.79 Å². The Balaban J connectivity index is 0.00000512. The number of benzene rings is 1. The van der Waals surface area contributed by atoms with Crippen molar-refractivity contribution >= 4 is 41.7 Å². The van der Waals surface area contributed by atoms with Crippen molar-refractivity contribution in [3.05, 3.63) is 59.4 Å². The third-order valence-electron chi connectivity index (χ3n) is 4.44. The Morgan fingerprint density at radius 3 is 2.44 bits per heavy atom. The average Bonchev–Trinajstić information content (AvgIpc) is 2.69. The lowest BCUT2D eigenvalue weighted by molar-refractivity contribution is 0.0636. The van der Waals surface area contributed by atoms with Crippen LogP contribution in [0.3, 0.4) is 0 Å². The van der Waals surface area contributed by atoms with E-state index in [1.165, 1.54) is 16.7 Å². The number of amides is 1. The SMILES string of the molecule is CCNC(=NCCc1ccncc1C)NCCc1ccc(NC(=O)OC(C)(C)C)cc1.I. The minimum Gasteiger partial charge on any atom is -0.444 e. The van der Waals surface area contributed by atoms with Gasteiger partial charge in [0.15, 0.2) is 5.96 Å². The van der Waals surface area contributed by atoms with Gasteiger partial charge in [0.25, 0.3) is 0 Å². The number of hydrogen-bond acceptors (Lipinski definition) is 4. The molecule has 1 aromatic carbocycles. The smallest absolute Gasteiger partial charge is 0.412 e. The second-order valence-corrected chi connectivity index (χ2v) is 8.31. The second-order valence-electron chi connectivity index (χ2n) is 8.31. The fourth-order valence-electron chi connectivity index (χ4n) is 2.91. The Morgan fingerprint density at radius 1 is 1.09 bits per heavy atom. The van der Waals surface area contributed by atoms with Crippen molar-refractivity contribution in [2.24, 2.45) is 4.99 Å². The summed E-state index contributed by atoms with van der Waals surface area (Å²) in [6, 6.07) is 9.83. The third-order valence-corrected chi connectivity index (χ3v) is 4.44. The molecule has 0 aliphatic rings. The molecule has 1 heterocycles. The van der Waals surface area contributed by atoms with Gasteiger partial charge in [-0.25, -0.2) is 4.79 Å². The fraction of sp³-hybridized carbons (Fsp3) is 0.458. The van der Waals surface area contributed by atoms with E-state index in [1.54, 1.807) is 0 Å². The number of carbonyl (C=O) groups excluding carboxylic acids is 1. The maximum Gasteiger partial charge on any atom is 0.412 e. The summed E-state index contributed by atoms with van der Waals surface area (Å²) in [7, 11) is 0. The molecule has 176 valence electrons. The Kier molecular flexibility index (Phi) is 12.0. The monoisotopic (exact) mass is 553 g/mol. The number of pyridine rings is 1. The number of aromatic nitrogens is 1. The van der Waals surface area contributed by atoms with Gasteiger partial charge >= 0.3 is 6.09 Å². The van der Waals surface area contributed by atoms with E-state index < -0.39 is 11.7 Å². The molecule has 3 N–H and O–H groups in total. The topological polar surface area (TPSA) is 87.6 Å². The molecule has 0 aliphatic heterocycles. The summed E-state index contributed by atoms with van der Waals surface area (Å²) in [5.74, 6) is 0.817. The lowest BCUT2D eigenvalue weighted by atomic mass is 10.1. The quantitative estimate of drug-likeness (QED) is 0.251. The van der Waals surface area contributed by atoms with Crippen molar-refractivity contribution in [2.75, 3.05) is 25.0 Å². The molecule has 0 aliphatic carbocycles. The van der Waals surface area contributed by atoms with E-state index in [4.69, 9.17) is 4.74 Å². The van der Waals surface area contributed by atoms with Gasteiger partial charge in [-0.2, -0.15) is 0 Å². The maximum absolute atomic E-state index is 11.9. The highest BCUT2D eigenvalue weighted by molar-refractivity contribution is 14.0. The number of carbonyl (C=O) groups is 1. The first-order valence-corrected chi connectivity index (χ1v) is 10.8. The van der Waals surface area contributed by atoms with Crippen LogP contribution in [0.4, 0.5) is 10.5 Å². The van der Waals surface area contributed by atoms with E-state index in [1.807, 2.05) is 63.5 Å². The highest BCUT2D eigenvalue weighted by Gasteiger charge is 2.16. The van der Waals surface area contributed by atoms with Gasteiger partial charge < -0.3 is 15.4 Å². The molecule has 0 saturated carbocycles. The normalized spacial score (nSPS) is 11.3. The summed E-state index contributed by atoms with van der Waals surface area (Å²) in [6.45, 7) is 11.9. The lowest BCUT2D eigenvalue weighted by Crippen LogP contribution is -2.38. The molecule has 7 nitrogen and oxygen atoms in total. The molecule has 0 saturated heterocycles. The number of hydrogen-bond donors (Lipinski definition) is 3. The van der Waals surface area contributed by atoms with Crippen molar-refractivity contribution < 1.29 is 9.53 Å². The van der Waals surface area contributed by atoms with Crippen LogP contribution in [0.25, 0.3) is 0 Å². The highest BCUT2D eigenvalue weighted by atomic mass is 127. The van der Waals surface area contributed by atoms with Gasteiger partial charge in [-0.05, 0) is 82.3 Å². The van der Waals surface area contributed by atoms with Gasteiger partial charge in [-0.1, -0.05) is 12.1 Å². The van der Waals surface area contributed by atoms with E-state index >= 15 is 0 Å². The van der Waals surface area contributed by atoms with Crippen molar-refractivity contribution in [3.8, 4) is 0 Å². The molecule has 0 fully saturated rings. The van der Waals surface area contributed by atoms with Gasteiger partial charge in [0.2, 0.25) is 0 Å². The predicted molar refractivity (Wildman–Crippen MR) is 142 cm³/mol. The highest BCUT2D eigenvalue weighted by Crippen LogP contribution is 2.13. The molecule has 0 unspecified atom stereocenters. The molecular formula is C24H36IN5O2. The minimum atomic E-state index is -0.515. The van der Waals surface area contributed by atoms with Crippen LogP contribution in [-0.4, -0.2) is 42.3 Å². The first-order chi connectivity index (χ1) is 14.8. The lowest BCUT2D eigenvalue weighted by Gasteiger charge is -2.19. The third kappa shape index (κ3) is 10.8. The molecule has 32 heavy (non-hydrogen) atoms. The number of anilines is 1. The molecule has 2 aromatic rings. The van der Waals surface area contributed by atoms with Crippen LogP contribution >= 0.6 is 24.0 Å². The molecule has 1 aromatic heterocycles. The van der Waals surface area contributed by atoms with Crippen molar-refractivity contribution in [1.82, 2.24) is 15.6 Å². The van der Waals surface area contributed by atoms with Gasteiger partial charge in [0.05, 0.1) is 0 Å². The van der Waals surface area contributed by atoms with Crippen molar-refractivity contribution in [2.45, 2.75) is 53.1 Å². The van der Waals surface area contributed by atoms with Crippen molar-refractivity contribution in [1.29, 1.82) is 0 Å². The fourth-order valence-corrected chi connectivity index (χ4v) is 2.91. The summed E-state index contributed by atoms with van der Waals surface area (Å²) >= 11 is 0. The van der Waals surface area contributed by atoms with Crippen LogP contribution in [0.1, 0.15) is 44.4 Å². The van der Waals surface area contributed by atoms with E-state index in [2.05, 4.69) is 39.8 Å². The number of halogens is 1. The number of aryl methyl sites for hydroxylation is 1. The Hall–Kier alpha value is -2.36. The molecule has 0 bridgehead atoms. The second kappa shape index (κ2) is 13.9. The molecule has 0 spiro atoms. The number of nitrogens with one attached hydrogen (secondary N) is 3. The molecule has 2 rings (SSSR count). The Labute approximate surface area is 208 Å². The Morgan fingerprint density at radius 2 is 1.81 bits per heavy atom. The molecule has 8 heteroatoms. The van der Waals surface area contributed by atoms with Crippen LogP contribution in [0.2, 0.25) is 0 Å². The molecule has 0 radical (unpaired) electrons. The first-order valence-electron chi connectivity index (χ1n) is 10.8. The van der Waals surface area contributed by atoms with Crippen LogP contribution in [-0.2, 0) is 17.6 Å². The van der Waals surface area contributed by atoms with Crippen LogP contribution < -0.4 is 16.0 Å². The van der Waals surface area contributed by atoms with Gasteiger partial charge in [0.1, 0.15) is 5.60 Å². The average molecular weight is 553 g/mol. The molecular weight excluding hydrogens is 517 g/mol. The van der Waals surface area contributed by atoms with Crippen LogP contribution in [0.5, 0.6) is 0 Å². The predicted octanol–water partition coefficient (Wildman–Crippen LogP) is 4.70. The summed E-state index contributed by atoms with van der Waals surface area (Å²) < 4.78 is 5.27. The number of nitrogens with zero attached hydrogens (tertiary/aromatic N) is 2. The van der Waals surface area contributed by atoms with Crippen LogP contribution in [0.15, 0.2) is 47.7 Å². The standard InChI is InChI=1S/C24H35N5O2.HI/c1-6-26-22(28-16-13-20-12-14-25-17-18(20)2)27-15-11-19-7-9-21(10-8-19)29-23(30)31-24(3,4)5;/h7-10,12,14,17H,6,11,13,15-16H2,1-5H3,(H,29,30)(H2,26,27,28);1H. The summed E-state index contributed by atoms with van der Waals surface area (Å²) in [5.41, 5.74) is 3.84. The minimum absolute atomic E-state index is 0. The number of ether oxygens (including phenoxy) is 1. The number of aliphatic imine (C=N–C) groups is 1. The van der Waals surface area contributed by atoms with E-state index in [0.717, 1.165) is 31.9 Å². The number of guanidine groups is 1. The zero-order valence-electron chi connectivity index (χ0n) is 19.7. The Bertz CT molecular complexity index is 863. The molecule has 0 atom stereocenters. The zero-order chi connectivity index (χ0) is 22.7. The summed E-state index contributed by atoms with van der Waals surface area (Å²) in [4.78, 5) is 20.7. The number of rotatable bonds is 8. The van der Waals surface area contributed by atoms with Gasteiger partial charge in [-0.15, -0.1) is 24.0 Å².